The number of phenols is 1. The van der Waals surface area contributed by atoms with Crippen molar-refractivity contribution in [1.82, 2.24) is 19.5 Å². The van der Waals surface area contributed by atoms with E-state index in [0.717, 1.165) is 12.8 Å². The molecule has 0 amide bonds. The van der Waals surface area contributed by atoms with E-state index in [2.05, 4.69) is 15.3 Å². The van der Waals surface area contributed by atoms with Crippen molar-refractivity contribution in [3.05, 3.63) is 82.2 Å². The van der Waals surface area contributed by atoms with Gasteiger partial charge in [-0.2, -0.15) is 0 Å². The van der Waals surface area contributed by atoms with Gasteiger partial charge in [0.2, 0.25) is 0 Å². The second-order valence-corrected chi connectivity index (χ2v) is 8.17. The summed E-state index contributed by atoms with van der Waals surface area (Å²) in [4.78, 5) is 26.4. The Hall–Kier alpha value is -4.27. The summed E-state index contributed by atoms with van der Waals surface area (Å²) in [5, 5.41) is 22.4. The minimum Gasteiger partial charge on any atom is -0.508 e. The number of nitrogen functional groups attached to an aromatic ring is 1. The summed E-state index contributed by atoms with van der Waals surface area (Å²) in [7, 11) is 0. The first kappa shape index (κ1) is 20.6. The third kappa shape index (κ3) is 3.78. The highest BCUT2D eigenvalue weighted by Crippen LogP contribution is 2.36. The lowest BCUT2D eigenvalue weighted by Gasteiger charge is -2.21. The summed E-state index contributed by atoms with van der Waals surface area (Å²) in [6.45, 7) is 1.90. The van der Waals surface area contributed by atoms with E-state index in [1.807, 2.05) is 25.1 Å². The van der Waals surface area contributed by atoms with E-state index in [0.29, 0.717) is 33.7 Å². The average molecular weight is 441 g/mol. The van der Waals surface area contributed by atoms with Gasteiger partial charge in [0.15, 0.2) is 0 Å². The lowest BCUT2D eigenvalue weighted by molar-refractivity contribution is 0.475. The van der Waals surface area contributed by atoms with Gasteiger partial charge in [-0.15, -0.1) is 0 Å². The van der Waals surface area contributed by atoms with Gasteiger partial charge in [0, 0.05) is 11.6 Å². The normalized spacial score (nSPS) is 14.2. The number of anilines is 2. The molecule has 9 nitrogen and oxygen atoms in total. The van der Waals surface area contributed by atoms with Gasteiger partial charge in [-0.05, 0) is 44.0 Å². The Kier molecular flexibility index (Phi) is 5.01. The van der Waals surface area contributed by atoms with Crippen LogP contribution in [0.4, 0.5) is 11.6 Å². The molecule has 9 heteroatoms. The number of hydrogen-bond donors (Lipinski definition) is 4. The summed E-state index contributed by atoms with van der Waals surface area (Å²) in [6.07, 6.45) is 3.20. The van der Waals surface area contributed by atoms with Crippen molar-refractivity contribution in [2.45, 2.75) is 31.8 Å². The first-order chi connectivity index (χ1) is 15.9. The van der Waals surface area contributed by atoms with Crippen LogP contribution in [0.5, 0.6) is 5.75 Å². The van der Waals surface area contributed by atoms with Gasteiger partial charge in [-0.1, -0.05) is 24.3 Å². The Balaban J connectivity index is 1.57. The fourth-order valence-electron chi connectivity index (χ4n) is 3.98. The number of hydrogen-bond acceptors (Lipinski definition) is 8. The second kappa shape index (κ2) is 8.01. The monoisotopic (exact) mass is 441 g/mol. The SMILES string of the molecule is CC(Nc1ncnc(N)c1C(=N)c1cccc(O)c1)c1nc2ccccc2c(=O)n1C1CC1. The molecule has 1 aliphatic carbocycles. The number of nitrogens with zero attached hydrogens (tertiary/aromatic N) is 4. The molecule has 2 aromatic heterocycles. The number of aromatic hydroxyl groups is 1. The second-order valence-electron chi connectivity index (χ2n) is 8.17. The van der Waals surface area contributed by atoms with Crippen LogP contribution in [0, 0.1) is 5.41 Å². The Labute approximate surface area is 189 Å². The van der Waals surface area contributed by atoms with Crippen molar-refractivity contribution in [2.24, 2.45) is 0 Å². The van der Waals surface area contributed by atoms with Crippen LogP contribution >= 0.6 is 0 Å². The fraction of sp³-hybridized carbons (Fsp3) is 0.208. The molecule has 4 aromatic rings. The predicted octanol–water partition coefficient (Wildman–Crippen LogP) is 3.40. The highest BCUT2D eigenvalue weighted by Gasteiger charge is 2.30. The van der Waals surface area contributed by atoms with Crippen molar-refractivity contribution in [1.29, 1.82) is 5.41 Å². The van der Waals surface area contributed by atoms with Crippen molar-refractivity contribution in [3.8, 4) is 5.75 Å². The summed E-state index contributed by atoms with van der Waals surface area (Å²) < 4.78 is 1.77. The van der Waals surface area contributed by atoms with E-state index in [-0.39, 0.29) is 28.9 Å². The Bertz CT molecular complexity index is 1440. The van der Waals surface area contributed by atoms with Crippen molar-refractivity contribution < 1.29 is 5.11 Å². The molecule has 5 rings (SSSR count). The lowest BCUT2D eigenvalue weighted by Crippen LogP contribution is -2.28. The third-order valence-electron chi connectivity index (χ3n) is 5.75. The maximum atomic E-state index is 13.2. The van der Waals surface area contributed by atoms with Gasteiger partial charge in [0.05, 0.1) is 28.2 Å². The zero-order chi connectivity index (χ0) is 23.1. The first-order valence-electron chi connectivity index (χ1n) is 10.7. The van der Waals surface area contributed by atoms with Gasteiger partial charge < -0.3 is 16.2 Å². The molecule has 0 radical (unpaired) electrons. The van der Waals surface area contributed by atoms with Crippen LogP contribution in [-0.4, -0.2) is 30.3 Å². The summed E-state index contributed by atoms with van der Waals surface area (Å²) >= 11 is 0. The number of aromatic nitrogens is 4. The number of nitrogens with one attached hydrogen (secondary N) is 2. The smallest absolute Gasteiger partial charge is 0.261 e. The Morgan fingerprint density at radius 1 is 1.21 bits per heavy atom. The number of benzene rings is 2. The molecule has 1 atom stereocenters. The highest BCUT2D eigenvalue weighted by molar-refractivity contribution is 6.16. The molecular formula is C24H23N7O2. The molecule has 2 heterocycles. The van der Waals surface area contributed by atoms with Crippen molar-refractivity contribution >= 4 is 28.3 Å². The highest BCUT2D eigenvalue weighted by atomic mass is 16.3. The minimum atomic E-state index is -0.395. The van der Waals surface area contributed by atoms with Crippen molar-refractivity contribution in [3.63, 3.8) is 0 Å². The van der Waals surface area contributed by atoms with Crippen LogP contribution in [0.1, 0.15) is 48.8 Å². The standard InChI is InChI=1S/C24H23N7O2/c1-13(23-30-18-8-3-2-7-17(18)24(33)31(23)15-9-10-15)29-22-19(21(26)27-12-28-22)20(25)14-5-4-6-16(32)11-14/h2-8,11-13,15,25,32H,9-10H2,1H3,(H3,26,27,28,29). The number of rotatable bonds is 6. The van der Waals surface area contributed by atoms with Gasteiger partial charge >= 0.3 is 0 Å². The zero-order valence-corrected chi connectivity index (χ0v) is 18.0. The molecular weight excluding hydrogens is 418 g/mol. The van der Waals surface area contributed by atoms with Gasteiger partial charge in [0.25, 0.3) is 5.56 Å². The van der Waals surface area contributed by atoms with E-state index >= 15 is 0 Å². The van der Waals surface area contributed by atoms with Crippen LogP contribution in [0.3, 0.4) is 0 Å². The Morgan fingerprint density at radius 3 is 2.76 bits per heavy atom. The molecule has 1 aliphatic rings. The molecule has 1 saturated carbocycles. The van der Waals surface area contributed by atoms with E-state index < -0.39 is 6.04 Å². The molecule has 1 fully saturated rings. The average Bonchev–Trinajstić information content (AvgIpc) is 3.64. The summed E-state index contributed by atoms with van der Waals surface area (Å²) in [5.41, 5.74) is 7.58. The van der Waals surface area contributed by atoms with Gasteiger partial charge in [-0.3, -0.25) is 14.8 Å². The van der Waals surface area contributed by atoms with Crippen LogP contribution in [0.15, 0.2) is 59.7 Å². The molecule has 0 bridgehead atoms. The van der Waals surface area contributed by atoms with Crippen LogP contribution < -0.4 is 16.6 Å². The van der Waals surface area contributed by atoms with Crippen molar-refractivity contribution in [2.75, 3.05) is 11.1 Å². The maximum absolute atomic E-state index is 13.2. The fourth-order valence-corrected chi connectivity index (χ4v) is 3.98. The number of nitrogens with two attached hydrogens (primary N) is 1. The summed E-state index contributed by atoms with van der Waals surface area (Å²) in [6, 6.07) is 13.4. The van der Waals surface area contributed by atoms with Crippen LogP contribution in [0.25, 0.3) is 10.9 Å². The number of phenolic OH excluding ortho intramolecular Hbond substituents is 1. The van der Waals surface area contributed by atoms with Gasteiger partial charge in [-0.25, -0.2) is 15.0 Å². The first-order valence-corrected chi connectivity index (χ1v) is 10.7. The predicted molar refractivity (Wildman–Crippen MR) is 127 cm³/mol. The molecule has 5 N–H and O–H groups in total. The number of para-hydroxylation sites is 1. The molecule has 33 heavy (non-hydrogen) atoms. The topological polar surface area (TPSA) is 143 Å². The Morgan fingerprint density at radius 2 is 2.00 bits per heavy atom. The summed E-state index contributed by atoms with van der Waals surface area (Å²) in [5.74, 6) is 1.14. The molecule has 0 aliphatic heterocycles. The van der Waals surface area contributed by atoms with E-state index in [1.165, 1.54) is 18.5 Å². The quantitative estimate of drug-likeness (QED) is 0.336. The zero-order valence-electron chi connectivity index (χ0n) is 18.0. The van der Waals surface area contributed by atoms with Crippen LogP contribution in [-0.2, 0) is 0 Å². The van der Waals surface area contributed by atoms with Crippen LogP contribution in [0.2, 0.25) is 0 Å². The largest absolute Gasteiger partial charge is 0.508 e. The molecule has 0 saturated heterocycles. The van der Waals surface area contributed by atoms with E-state index in [9.17, 15) is 9.90 Å². The number of fused-ring (bicyclic) bond motifs is 1. The van der Waals surface area contributed by atoms with Gasteiger partial charge in [0.1, 0.15) is 29.5 Å². The van der Waals surface area contributed by atoms with E-state index in [4.69, 9.17) is 16.1 Å². The minimum absolute atomic E-state index is 0.0457. The van der Waals surface area contributed by atoms with E-state index in [1.54, 1.807) is 22.8 Å². The molecule has 1 unspecified atom stereocenters. The molecule has 0 spiro atoms. The third-order valence-corrected chi connectivity index (χ3v) is 5.75. The maximum Gasteiger partial charge on any atom is 0.261 e. The lowest BCUT2D eigenvalue weighted by atomic mass is 10.0. The molecule has 2 aromatic carbocycles. The molecule has 166 valence electrons.